The summed E-state index contributed by atoms with van der Waals surface area (Å²) in [6.07, 6.45) is 6.04. The first-order chi connectivity index (χ1) is 11.1. The molecule has 1 saturated heterocycles. The Bertz CT molecular complexity index is 658. The molecule has 0 radical (unpaired) electrons. The maximum absolute atomic E-state index is 13.1. The average molecular weight is 337 g/mol. The zero-order chi connectivity index (χ0) is 16.2. The molecule has 1 fully saturated rings. The summed E-state index contributed by atoms with van der Waals surface area (Å²) in [6, 6.07) is 5.10. The Hall–Kier alpha value is -1.43. The number of nitrogens with one attached hydrogen (secondary N) is 1. The maximum atomic E-state index is 13.1. The van der Waals surface area contributed by atoms with Crippen LogP contribution < -0.4 is 5.32 Å². The Labute approximate surface area is 141 Å². The minimum atomic E-state index is -0.284. The summed E-state index contributed by atoms with van der Waals surface area (Å²) in [7, 11) is 2.01. The van der Waals surface area contributed by atoms with Crippen molar-refractivity contribution in [1.29, 1.82) is 0 Å². The van der Waals surface area contributed by atoms with Gasteiger partial charge in [0.2, 0.25) is 0 Å². The van der Waals surface area contributed by atoms with Gasteiger partial charge in [-0.1, -0.05) is 17.7 Å². The number of piperidine rings is 1. The zero-order valence-electron chi connectivity index (χ0n) is 13.3. The summed E-state index contributed by atoms with van der Waals surface area (Å²) < 4.78 is 15.2. The van der Waals surface area contributed by atoms with Gasteiger partial charge in [-0.2, -0.15) is 0 Å². The monoisotopic (exact) mass is 336 g/mol. The van der Waals surface area contributed by atoms with Crippen molar-refractivity contribution < 1.29 is 4.39 Å². The summed E-state index contributed by atoms with van der Waals surface area (Å²) in [5.74, 6) is -0.284. The van der Waals surface area contributed by atoms with Gasteiger partial charge in [-0.05, 0) is 37.1 Å². The molecule has 4 nitrogen and oxygen atoms in total. The van der Waals surface area contributed by atoms with Crippen LogP contribution in [-0.2, 0) is 20.1 Å². The molecule has 0 aliphatic carbocycles. The van der Waals surface area contributed by atoms with Crippen molar-refractivity contribution in [2.24, 2.45) is 7.05 Å². The third-order valence-corrected chi connectivity index (χ3v) is 4.75. The van der Waals surface area contributed by atoms with Gasteiger partial charge in [-0.3, -0.25) is 4.90 Å². The van der Waals surface area contributed by atoms with Gasteiger partial charge in [0.25, 0.3) is 0 Å². The highest BCUT2D eigenvalue weighted by Crippen LogP contribution is 2.21. The Morgan fingerprint density at radius 2 is 2.30 bits per heavy atom. The van der Waals surface area contributed by atoms with E-state index in [4.69, 9.17) is 11.6 Å². The van der Waals surface area contributed by atoms with E-state index >= 15 is 0 Å². The molecular weight excluding hydrogens is 315 g/mol. The predicted octanol–water partition coefficient (Wildman–Crippen LogP) is 2.97. The van der Waals surface area contributed by atoms with Crippen LogP contribution in [0.15, 0.2) is 30.7 Å². The lowest BCUT2D eigenvalue weighted by Gasteiger charge is -2.33. The zero-order valence-corrected chi connectivity index (χ0v) is 14.1. The second-order valence-corrected chi connectivity index (χ2v) is 6.59. The number of nitrogens with zero attached hydrogens (tertiary/aromatic N) is 3. The number of imidazole rings is 1. The fraction of sp³-hybridized carbons (Fsp3) is 0.471. The van der Waals surface area contributed by atoms with Gasteiger partial charge in [-0.25, -0.2) is 9.37 Å². The molecule has 0 saturated carbocycles. The molecular formula is C17H22ClFN4. The molecule has 1 atom stereocenters. The number of halogens is 2. The molecule has 2 heterocycles. The van der Waals surface area contributed by atoms with Crippen LogP contribution >= 0.6 is 11.6 Å². The van der Waals surface area contributed by atoms with Crippen molar-refractivity contribution in [1.82, 2.24) is 19.8 Å². The van der Waals surface area contributed by atoms with Gasteiger partial charge in [0.15, 0.2) is 0 Å². The van der Waals surface area contributed by atoms with Crippen molar-refractivity contribution in [3.63, 3.8) is 0 Å². The lowest BCUT2D eigenvalue weighted by Crippen LogP contribution is -2.45. The standard InChI is InChI=1S/C17H22ClFN4/c1-22-12-20-8-16(22)9-21-15-3-2-6-23(11-15)10-13-4-5-14(19)7-17(13)18/h4-5,7-8,12,15,21H,2-3,6,9-11H2,1H3/t15-/m1/s1. The molecule has 2 aromatic rings. The van der Waals surface area contributed by atoms with Gasteiger partial charge >= 0.3 is 0 Å². The van der Waals surface area contributed by atoms with Gasteiger partial charge in [0.1, 0.15) is 5.82 Å². The quantitative estimate of drug-likeness (QED) is 0.911. The molecule has 0 unspecified atom stereocenters. The van der Waals surface area contributed by atoms with Gasteiger partial charge in [0, 0.05) is 43.9 Å². The van der Waals surface area contributed by atoms with E-state index in [9.17, 15) is 4.39 Å². The molecule has 1 aliphatic rings. The topological polar surface area (TPSA) is 33.1 Å². The normalized spacial score (nSPS) is 19.2. The second-order valence-electron chi connectivity index (χ2n) is 6.19. The van der Waals surface area contributed by atoms with Crippen LogP contribution in [0.1, 0.15) is 24.1 Å². The lowest BCUT2D eigenvalue weighted by atomic mass is 10.0. The van der Waals surface area contributed by atoms with Crippen molar-refractivity contribution in [3.8, 4) is 0 Å². The molecule has 6 heteroatoms. The Morgan fingerprint density at radius 1 is 1.43 bits per heavy atom. The SMILES string of the molecule is Cn1cncc1CN[C@@H]1CCCN(Cc2ccc(F)cc2Cl)C1. The van der Waals surface area contributed by atoms with E-state index in [0.29, 0.717) is 11.1 Å². The summed E-state index contributed by atoms with van der Waals surface area (Å²) in [5.41, 5.74) is 2.17. The van der Waals surface area contributed by atoms with Gasteiger partial charge in [0.05, 0.1) is 12.0 Å². The molecule has 3 rings (SSSR count). The van der Waals surface area contributed by atoms with E-state index in [1.165, 1.54) is 24.2 Å². The highest BCUT2D eigenvalue weighted by molar-refractivity contribution is 6.31. The molecule has 0 amide bonds. The van der Waals surface area contributed by atoms with Crippen molar-refractivity contribution >= 4 is 11.6 Å². The number of hydrogen-bond acceptors (Lipinski definition) is 3. The highest BCUT2D eigenvalue weighted by atomic mass is 35.5. The van der Waals surface area contributed by atoms with E-state index in [-0.39, 0.29) is 5.82 Å². The molecule has 0 bridgehead atoms. The molecule has 1 aromatic carbocycles. The molecule has 23 heavy (non-hydrogen) atoms. The van der Waals surface area contributed by atoms with Crippen LogP contribution in [0.25, 0.3) is 0 Å². The number of benzene rings is 1. The molecule has 1 aliphatic heterocycles. The summed E-state index contributed by atoms with van der Waals surface area (Å²) in [6.45, 7) is 3.62. The van der Waals surface area contributed by atoms with Crippen LogP contribution in [0.4, 0.5) is 4.39 Å². The van der Waals surface area contributed by atoms with Crippen LogP contribution in [0.2, 0.25) is 5.02 Å². The van der Waals surface area contributed by atoms with E-state index < -0.39 is 0 Å². The fourth-order valence-electron chi connectivity index (χ4n) is 3.06. The van der Waals surface area contributed by atoms with E-state index in [1.54, 1.807) is 6.07 Å². The number of aryl methyl sites for hydroxylation is 1. The van der Waals surface area contributed by atoms with Crippen LogP contribution in [-0.4, -0.2) is 33.6 Å². The van der Waals surface area contributed by atoms with Crippen LogP contribution in [0.5, 0.6) is 0 Å². The van der Waals surface area contributed by atoms with Crippen molar-refractivity contribution in [3.05, 3.63) is 52.8 Å². The number of likely N-dealkylation sites (tertiary alicyclic amines) is 1. The van der Waals surface area contributed by atoms with Gasteiger partial charge < -0.3 is 9.88 Å². The average Bonchev–Trinajstić information content (AvgIpc) is 2.94. The summed E-state index contributed by atoms with van der Waals surface area (Å²) in [4.78, 5) is 6.52. The third-order valence-electron chi connectivity index (χ3n) is 4.40. The fourth-order valence-corrected chi connectivity index (χ4v) is 3.29. The first-order valence-corrected chi connectivity index (χ1v) is 8.34. The van der Waals surface area contributed by atoms with Crippen LogP contribution in [0.3, 0.4) is 0 Å². The van der Waals surface area contributed by atoms with Gasteiger partial charge in [-0.15, -0.1) is 0 Å². The van der Waals surface area contributed by atoms with Crippen molar-refractivity contribution in [2.45, 2.75) is 32.0 Å². The number of hydrogen-bond donors (Lipinski definition) is 1. The van der Waals surface area contributed by atoms with E-state index in [0.717, 1.165) is 38.2 Å². The minimum Gasteiger partial charge on any atom is -0.337 e. The Kier molecular flexibility index (Phi) is 5.30. The molecule has 1 aromatic heterocycles. The molecule has 0 spiro atoms. The Balaban J connectivity index is 1.54. The molecule has 124 valence electrons. The second kappa shape index (κ2) is 7.43. The molecule has 1 N–H and O–H groups in total. The first-order valence-electron chi connectivity index (χ1n) is 7.96. The third kappa shape index (κ3) is 4.31. The van der Waals surface area contributed by atoms with Crippen LogP contribution in [0, 0.1) is 5.82 Å². The van der Waals surface area contributed by atoms with E-state index in [1.807, 2.05) is 24.1 Å². The highest BCUT2D eigenvalue weighted by Gasteiger charge is 2.20. The summed E-state index contributed by atoms with van der Waals surface area (Å²) in [5, 5.41) is 4.12. The predicted molar refractivity (Wildman–Crippen MR) is 89.8 cm³/mol. The van der Waals surface area contributed by atoms with E-state index in [2.05, 4.69) is 15.2 Å². The smallest absolute Gasteiger partial charge is 0.124 e. The summed E-state index contributed by atoms with van der Waals surface area (Å²) >= 11 is 6.14. The lowest BCUT2D eigenvalue weighted by molar-refractivity contribution is 0.182. The first kappa shape index (κ1) is 16.4. The minimum absolute atomic E-state index is 0.284. The maximum Gasteiger partial charge on any atom is 0.124 e. The Morgan fingerprint density at radius 3 is 3.04 bits per heavy atom. The number of rotatable bonds is 5. The largest absolute Gasteiger partial charge is 0.337 e. The van der Waals surface area contributed by atoms with Crippen molar-refractivity contribution in [2.75, 3.05) is 13.1 Å². The number of aromatic nitrogens is 2.